The maximum atomic E-state index is 11.3. The Balaban J connectivity index is 2.26. The second-order valence-electron chi connectivity index (χ2n) is 4.20. The molecule has 1 saturated heterocycles. The smallest absolute Gasteiger partial charge is 0.373 e. The van der Waals surface area contributed by atoms with E-state index in [1.807, 2.05) is 6.92 Å². The zero-order valence-corrected chi connectivity index (χ0v) is 10.8. The molecule has 0 bridgehead atoms. The van der Waals surface area contributed by atoms with Crippen molar-refractivity contribution in [1.29, 1.82) is 0 Å². The topological polar surface area (TPSA) is 59.7 Å². The van der Waals surface area contributed by atoms with Gasteiger partial charge >= 0.3 is 5.97 Å². The largest absolute Gasteiger partial charge is 0.463 e. The van der Waals surface area contributed by atoms with E-state index in [-0.39, 0.29) is 11.0 Å². The Morgan fingerprint density at radius 3 is 3.06 bits per heavy atom. The number of ether oxygens (including phenoxy) is 1. The first-order valence-electron chi connectivity index (χ1n) is 5.60. The van der Waals surface area contributed by atoms with Gasteiger partial charge in [-0.2, -0.15) is 11.8 Å². The van der Waals surface area contributed by atoms with Crippen molar-refractivity contribution in [3.8, 4) is 0 Å². The Bertz CT molecular complexity index is 414. The number of hydrogen-bond acceptors (Lipinski definition) is 5. The van der Waals surface area contributed by atoms with Gasteiger partial charge < -0.3 is 14.3 Å². The fourth-order valence-electron chi connectivity index (χ4n) is 2.05. The van der Waals surface area contributed by atoms with Gasteiger partial charge in [-0.25, -0.2) is 4.79 Å². The molecule has 2 unspecified atom stereocenters. The third-order valence-electron chi connectivity index (χ3n) is 3.16. The van der Waals surface area contributed by atoms with E-state index in [0.717, 1.165) is 12.2 Å². The molecule has 1 aromatic rings. The van der Waals surface area contributed by atoms with Crippen LogP contribution >= 0.6 is 11.8 Å². The minimum Gasteiger partial charge on any atom is -0.463 e. The van der Waals surface area contributed by atoms with E-state index in [1.165, 1.54) is 7.11 Å². The van der Waals surface area contributed by atoms with E-state index in [4.69, 9.17) is 4.42 Å². The van der Waals surface area contributed by atoms with Crippen molar-refractivity contribution in [2.45, 2.75) is 30.6 Å². The van der Waals surface area contributed by atoms with Crippen LogP contribution < -0.4 is 0 Å². The van der Waals surface area contributed by atoms with Crippen molar-refractivity contribution in [3.05, 3.63) is 23.7 Å². The Kier molecular flexibility index (Phi) is 3.49. The minimum absolute atomic E-state index is 0.0629. The van der Waals surface area contributed by atoms with Crippen molar-refractivity contribution < 1.29 is 19.1 Å². The zero-order chi connectivity index (χ0) is 12.5. The predicted molar refractivity (Wildman–Crippen MR) is 65.1 cm³/mol. The molecule has 4 nitrogen and oxygen atoms in total. The monoisotopic (exact) mass is 256 g/mol. The van der Waals surface area contributed by atoms with Crippen LogP contribution in [0.25, 0.3) is 0 Å². The van der Waals surface area contributed by atoms with Crippen LogP contribution in [0.15, 0.2) is 16.5 Å². The first kappa shape index (κ1) is 12.5. The van der Waals surface area contributed by atoms with Gasteiger partial charge in [-0.1, -0.05) is 6.92 Å². The summed E-state index contributed by atoms with van der Waals surface area (Å²) >= 11 is 1.72. The molecule has 5 heteroatoms. The number of furan rings is 1. The predicted octanol–water partition coefficient (Wildman–Crippen LogP) is 2.17. The molecule has 2 atom stereocenters. The highest BCUT2D eigenvalue weighted by molar-refractivity contribution is 8.00. The summed E-state index contributed by atoms with van der Waals surface area (Å²) in [6, 6.07) is 3.21. The Morgan fingerprint density at radius 1 is 1.65 bits per heavy atom. The Morgan fingerprint density at radius 2 is 2.41 bits per heavy atom. The maximum Gasteiger partial charge on any atom is 0.373 e. The molecular weight excluding hydrogens is 240 g/mol. The standard InChI is InChI=1S/C12H16O4S/c1-8-12(14,6-3-7-17-8)10-5-4-9(16-10)11(13)15-2/h4-5,8,14H,3,6-7H2,1-2H3. The van der Waals surface area contributed by atoms with Crippen molar-refractivity contribution in [1.82, 2.24) is 0 Å². The van der Waals surface area contributed by atoms with Crippen molar-refractivity contribution in [2.75, 3.05) is 12.9 Å². The molecule has 0 radical (unpaired) electrons. The van der Waals surface area contributed by atoms with Crippen LogP contribution in [0.4, 0.5) is 0 Å². The van der Waals surface area contributed by atoms with Crippen LogP contribution in [0.1, 0.15) is 36.1 Å². The SMILES string of the molecule is COC(=O)c1ccc(C2(O)CCCSC2C)o1. The summed E-state index contributed by atoms with van der Waals surface area (Å²) in [5.74, 6) is 1.13. The molecule has 1 aliphatic heterocycles. The van der Waals surface area contributed by atoms with Gasteiger partial charge in [0.15, 0.2) is 0 Å². The summed E-state index contributed by atoms with van der Waals surface area (Å²) in [4.78, 5) is 11.3. The molecule has 1 fully saturated rings. The van der Waals surface area contributed by atoms with Crippen LogP contribution in [0.3, 0.4) is 0 Å². The second kappa shape index (κ2) is 4.74. The molecule has 1 aliphatic rings. The number of methoxy groups -OCH3 is 1. The van der Waals surface area contributed by atoms with Crippen LogP contribution in [0, 0.1) is 0 Å². The van der Waals surface area contributed by atoms with Crippen LogP contribution in [0.5, 0.6) is 0 Å². The first-order valence-corrected chi connectivity index (χ1v) is 6.65. The van der Waals surface area contributed by atoms with E-state index in [1.54, 1.807) is 23.9 Å². The average Bonchev–Trinajstić information content (AvgIpc) is 2.82. The van der Waals surface area contributed by atoms with Crippen LogP contribution in [-0.4, -0.2) is 29.2 Å². The molecule has 17 heavy (non-hydrogen) atoms. The van der Waals surface area contributed by atoms with E-state index in [0.29, 0.717) is 12.2 Å². The summed E-state index contributed by atoms with van der Waals surface area (Å²) in [7, 11) is 1.30. The number of thioether (sulfide) groups is 1. The van der Waals surface area contributed by atoms with Gasteiger partial charge in [0.05, 0.1) is 7.11 Å². The highest BCUT2D eigenvalue weighted by atomic mass is 32.2. The first-order chi connectivity index (χ1) is 8.08. The van der Waals surface area contributed by atoms with E-state index < -0.39 is 11.6 Å². The lowest BCUT2D eigenvalue weighted by Gasteiger charge is -2.35. The van der Waals surface area contributed by atoms with E-state index in [9.17, 15) is 9.90 Å². The van der Waals surface area contributed by atoms with Crippen molar-refractivity contribution >= 4 is 17.7 Å². The molecule has 0 spiro atoms. The number of hydrogen-bond donors (Lipinski definition) is 1. The van der Waals surface area contributed by atoms with E-state index >= 15 is 0 Å². The molecule has 0 aromatic carbocycles. The van der Waals surface area contributed by atoms with Gasteiger partial charge in [0.1, 0.15) is 11.4 Å². The van der Waals surface area contributed by atoms with Crippen molar-refractivity contribution in [2.24, 2.45) is 0 Å². The normalized spacial score (nSPS) is 29.0. The third kappa shape index (κ3) is 2.21. The fraction of sp³-hybridized carbons (Fsp3) is 0.583. The lowest BCUT2D eigenvalue weighted by atomic mass is 9.91. The number of carbonyl (C=O) groups excluding carboxylic acids is 1. The van der Waals surface area contributed by atoms with Gasteiger partial charge in [-0.3, -0.25) is 0 Å². The molecular formula is C12H16O4S. The number of esters is 1. The molecule has 0 aliphatic carbocycles. The highest BCUT2D eigenvalue weighted by Crippen LogP contribution is 2.41. The lowest BCUT2D eigenvalue weighted by molar-refractivity contribution is 0.00269. The molecule has 1 N–H and O–H groups in total. The van der Waals surface area contributed by atoms with Crippen LogP contribution in [-0.2, 0) is 10.3 Å². The second-order valence-corrected chi connectivity index (χ2v) is 5.64. The summed E-state index contributed by atoms with van der Waals surface area (Å²) in [5, 5.41) is 10.7. The lowest BCUT2D eigenvalue weighted by Crippen LogP contribution is -2.38. The number of aliphatic hydroxyl groups is 1. The highest BCUT2D eigenvalue weighted by Gasteiger charge is 2.41. The number of rotatable bonds is 2. The third-order valence-corrected chi connectivity index (χ3v) is 4.58. The van der Waals surface area contributed by atoms with Gasteiger partial charge in [0.2, 0.25) is 5.76 Å². The summed E-state index contributed by atoms with van der Waals surface area (Å²) < 4.78 is 9.99. The maximum absolute atomic E-state index is 11.3. The summed E-state index contributed by atoms with van der Waals surface area (Å²) in [6.07, 6.45) is 1.61. The summed E-state index contributed by atoms with van der Waals surface area (Å²) in [6.45, 7) is 1.98. The fourth-order valence-corrected chi connectivity index (χ4v) is 3.22. The van der Waals surface area contributed by atoms with E-state index in [2.05, 4.69) is 4.74 Å². The number of carbonyl (C=O) groups is 1. The van der Waals surface area contributed by atoms with Gasteiger partial charge in [-0.15, -0.1) is 0 Å². The molecule has 94 valence electrons. The molecule has 0 saturated carbocycles. The quantitative estimate of drug-likeness (QED) is 0.822. The van der Waals surface area contributed by atoms with Gasteiger partial charge in [0.25, 0.3) is 0 Å². The van der Waals surface area contributed by atoms with Crippen molar-refractivity contribution in [3.63, 3.8) is 0 Å². The van der Waals surface area contributed by atoms with Gasteiger partial charge in [-0.05, 0) is 30.7 Å². The summed E-state index contributed by atoms with van der Waals surface area (Å²) in [5.41, 5.74) is -0.977. The van der Waals surface area contributed by atoms with Crippen LogP contribution in [0.2, 0.25) is 0 Å². The average molecular weight is 256 g/mol. The minimum atomic E-state index is -0.977. The Hall–Kier alpha value is -0.940. The molecule has 1 aromatic heterocycles. The zero-order valence-electron chi connectivity index (χ0n) is 9.93. The molecule has 0 amide bonds. The van der Waals surface area contributed by atoms with Gasteiger partial charge in [0, 0.05) is 5.25 Å². The molecule has 2 rings (SSSR count). The molecule has 2 heterocycles. The Labute approximate surface area is 104 Å².